The fourth-order valence-electron chi connectivity index (χ4n) is 13.4. The highest BCUT2D eigenvalue weighted by molar-refractivity contribution is 6.01. The van der Waals surface area contributed by atoms with Gasteiger partial charge in [-0.1, -0.05) is 73.8 Å². The van der Waals surface area contributed by atoms with Crippen LogP contribution in [0, 0.1) is 56.2 Å². The van der Waals surface area contributed by atoms with Crippen LogP contribution in [0.15, 0.2) is 23.3 Å². The molecule has 0 aromatic rings. The average molecular weight is 706 g/mol. The monoisotopic (exact) mass is 705 g/mol. The summed E-state index contributed by atoms with van der Waals surface area (Å²) in [5, 5.41) is 12.9. The first-order valence-corrected chi connectivity index (χ1v) is 20.4. The molecule has 0 spiro atoms. The molecule has 284 valence electrons. The van der Waals surface area contributed by atoms with Gasteiger partial charge in [0.2, 0.25) is 5.91 Å². The number of ether oxygens (including phenoxy) is 1. The number of carboxylic acid groups (broad SMARTS) is 1. The van der Waals surface area contributed by atoms with Gasteiger partial charge in [-0.15, -0.1) is 0 Å². The number of amides is 1. The molecule has 0 aliphatic heterocycles. The van der Waals surface area contributed by atoms with Crippen molar-refractivity contribution in [2.24, 2.45) is 56.2 Å². The van der Waals surface area contributed by atoms with Crippen molar-refractivity contribution in [3.8, 4) is 0 Å². The van der Waals surface area contributed by atoms with Crippen molar-refractivity contribution in [2.75, 3.05) is 0 Å². The Bertz CT molecular complexity index is 1500. The number of carbonyl (C=O) groups excluding carboxylic acids is 3. The molecular formula is C44H67NO6. The number of Topliss-reactive ketones (excluding diaryl/α,β-unsaturated/α-hetero) is 1. The first-order valence-electron chi connectivity index (χ1n) is 20.4. The summed E-state index contributed by atoms with van der Waals surface area (Å²) in [6, 6.07) is 0.261. The summed E-state index contributed by atoms with van der Waals surface area (Å²) < 4.78 is 6.16. The Labute approximate surface area is 307 Å². The van der Waals surface area contributed by atoms with Crippen molar-refractivity contribution in [1.29, 1.82) is 0 Å². The Kier molecular flexibility index (Phi) is 9.87. The summed E-state index contributed by atoms with van der Waals surface area (Å²) in [6.45, 7) is 19.7. The molecule has 6 aliphatic carbocycles. The maximum Gasteiger partial charge on any atom is 0.309 e. The lowest BCUT2D eigenvalue weighted by atomic mass is 9.33. The van der Waals surface area contributed by atoms with E-state index in [0.717, 1.165) is 69.8 Å². The summed E-state index contributed by atoms with van der Waals surface area (Å²) in [5.74, 6) is 0.233. The van der Waals surface area contributed by atoms with Gasteiger partial charge in [0.05, 0.1) is 11.8 Å². The average Bonchev–Trinajstić information content (AvgIpc) is 3.34. The third kappa shape index (κ3) is 6.16. The minimum Gasteiger partial charge on any atom is -0.481 e. The molecule has 0 aromatic carbocycles. The number of carbonyl (C=O) groups is 4. The van der Waals surface area contributed by atoms with Crippen LogP contribution >= 0.6 is 0 Å². The number of fused-ring (bicyclic) bond motifs is 7. The molecule has 6 rings (SSSR count). The number of aliphatic carboxylic acids is 1. The second-order valence-electron chi connectivity index (χ2n) is 20.2. The molecule has 5 saturated carbocycles. The van der Waals surface area contributed by atoms with Gasteiger partial charge in [-0.25, -0.2) is 0 Å². The number of nitrogens with one attached hydrogen (secondary N) is 1. The molecule has 51 heavy (non-hydrogen) atoms. The largest absolute Gasteiger partial charge is 0.481 e. The molecule has 8 atom stereocenters. The van der Waals surface area contributed by atoms with Crippen molar-refractivity contribution in [1.82, 2.24) is 5.32 Å². The highest BCUT2D eigenvalue weighted by Gasteiger charge is 2.70. The van der Waals surface area contributed by atoms with Gasteiger partial charge >= 0.3 is 11.9 Å². The Morgan fingerprint density at radius 3 is 2.22 bits per heavy atom. The Morgan fingerprint density at radius 2 is 1.57 bits per heavy atom. The van der Waals surface area contributed by atoms with Crippen LogP contribution in [0.1, 0.15) is 159 Å². The number of allylic oxidation sites excluding steroid dienone is 3. The standard InChI is InChI=1S/C44H67NO6/c1-27(2)36-30(46)25-44(22-19-34(47)45-28-13-11-10-12-14-28)24-23-42(8)29(37(36)44)15-16-32-41(7)20-18-33(51-35(48)26-39(3,4)38(49)50)40(5,6)31(41)17-21-43(32,42)9/h19,22,27-29,31-33H,10-18,20-21,23-26H2,1-9H3,(H,45,47)(H,49,50)/b22-19+/t29-,31+,32?,33+,41+,42-,43-,44+/m1/s1. The lowest BCUT2D eigenvalue weighted by Gasteiger charge is -2.72. The van der Waals surface area contributed by atoms with E-state index in [-0.39, 0.29) is 63.2 Å². The zero-order chi connectivity index (χ0) is 37.4. The van der Waals surface area contributed by atoms with Gasteiger partial charge in [0, 0.05) is 23.3 Å². The van der Waals surface area contributed by atoms with Crippen LogP contribution in [0.4, 0.5) is 0 Å². The number of carboxylic acids is 1. The first-order chi connectivity index (χ1) is 23.7. The summed E-state index contributed by atoms with van der Waals surface area (Å²) in [4.78, 5) is 52.0. The molecule has 0 heterocycles. The summed E-state index contributed by atoms with van der Waals surface area (Å²) >= 11 is 0. The third-order valence-corrected chi connectivity index (χ3v) is 16.4. The predicted octanol–water partition coefficient (Wildman–Crippen LogP) is 9.38. The molecule has 5 fully saturated rings. The minimum atomic E-state index is -1.16. The first kappa shape index (κ1) is 38.3. The third-order valence-electron chi connectivity index (χ3n) is 16.4. The fraction of sp³-hybridized carbons (Fsp3) is 0.818. The molecule has 1 amide bonds. The van der Waals surface area contributed by atoms with Gasteiger partial charge in [0.1, 0.15) is 6.10 Å². The van der Waals surface area contributed by atoms with E-state index in [1.54, 1.807) is 19.9 Å². The molecule has 0 radical (unpaired) electrons. The predicted molar refractivity (Wildman–Crippen MR) is 199 cm³/mol. The second kappa shape index (κ2) is 13.1. The van der Waals surface area contributed by atoms with E-state index in [2.05, 4.69) is 59.9 Å². The Hall–Kier alpha value is -2.44. The molecule has 7 heteroatoms. The smallest absolute Gasteiger partial charge is 0.309 e. The van der Waals surface area contributed by atoms with E-state index in [0.29, 0.717) is 24.2 Å². The van der Waals surface area contributed by atoms with Crippen molar-refractivity contribution in [3.63, 3.8) is 0 Å². The number of hydrogen-bond acceptors (Lipinski definition) is 5. The minimum absolute atomic E-state index is 0.00850. The lowest BCUT2D eigenvalue weighted by Crippen LogP contribution is -2.65. The number of hydrogen-bond donors (Lipinski definition) is 2. The maximum atomic E-state index is 14.0. The highest BCUT2D eigenvalue weighted by atomic mass is 16.5. The Morgan fingerprint density at radius 1 is 0.882 bits per heavy atom. The zero-order valence-corrected chi connectivity index (χ0v) is 33.2. The quantitative estimate of drug-likeness (QED) is 0.192. The SMILES string of the molecule is CC(C)C1=C2[C@H]3CCC4[C@@]5(C)CC[C@H](OC(=O)CC(C)(C)C(=O)O)C(C)(C)[C@@H]5CC[C@@]4(C)[C@]3(C)CC[C@@]2(/C=C/C(=O)NC2CCCCC2)CC1=O. The molecule has 0 saturated heterocycles. The van der Waals surface area contributed by atoms with Gasteiger partial charge in [-0.3, -0.25) is 19.2 Å². The number of rotatable bonds is 8. The lowest BCUT2D eigenvalue weighted by molar-refractivity contribution is -0.232. The van der Waals surface area contributed by atoms with E-state index in [1.807, 2.05) is 0 Å². The molecule has 2 N–H and O–H groups in total. The Balaban J connectivity index is 1.27. The summed E-state index contributed by atoms with van der Waals surface area (Å²) in [7, 11) is 0. The summed E-state index contributed by atoms with van der Waals surface area (Å²) in [5.41, 5.74) is 0.849. The van der Waals surface area contributed by atoms with E-state index < -0.39 is 17.4 Å². The van der Waals surface area contributed by atoms with Gasteiger partial charge in [-0.05, 0) is 135 Å². The van der Waals surface area contributed by atoms with E-state index in [4.69, 9.17) is 4.74 Å². The zero-order valence-electron chi connectivity index (χ0n) is 33.2. The van der Waals surface area contributed by atoms with E-state index in [1.165, 1.54) is 24.8 Å². The molecular weight excluding hydrogens is 638 g/mol. The van der Waals surface area contributed by atoms with Gasteiger partial charge in [0.25, 0.3) is 0 Å². The van der Waals surface area contributed by atoms with Gasteiger partial charge in [0.15, 0.2) is 5.78 Å². The van der Waals surface area contributed by atoms with Crippen molar-refractivity contribution < 1.29 is 29.0 Å². The highest BCUT2D eigenvalue weighted by Crippen LogP contribution is 2.77. The topological polar surface area (TPSA) is 110 Å². The van der Waals surface area contributed by atoms with E-state index in [9.17, 15) is 24.3 Å². The summed E-state index contributed by atoms with van der Waals surface area (Å²) in [6.07, 6.45) is 17.9. The van der Waals surface area contributed by atoms with Crippen molar-refractivity contribution in [3.05, 3.63) is 23.3 Å². The van der Waals surface area contributed by atoms with Crippen LogP contribution < -0.4 is 5.32 Å². The molecule has 6 aliphatic rings. The fourth-order valence-corrected chi connectivity index (χ4v) is 13.4. The van der Waals surface area contributed by atoms with Crippen LogP contribution in [0.5, 0.6) is 0 Å². The van der Waals surface area contributed by atoms with Crippen LogP contribution in [-0.2, 0) is 23.9 Å². The van der Waals surface area contributed by atoms with Gasteiger partial charge < -0.3 is 15.2 Å². The van der Waals surface area contributed by atoms with E-state index >= 15 is 0 Å². The van der Waals surface area contributed by atoms with Crippen LogP contribution in [0.2, 0.25) is 0 Å². The van der Waals surface area contributed by atoms with Crippen LogP contribution in [0.25, 0.3) is 0 Å². The van der Waals surface area contributed by atoms with Crippen LogP contribution in [0.3, 0.4) is 0 Å². The maximum absolute atomic E-state index is 14.0. The second-order valence-corrected chi connectivity index (χ2v) is 20.2. The molecule has 7 nitrogen and oxygen atoms in total. The van der Waals surface area contributed by atoms with Crippen molar-refractivity contribution in [2.45, 2.75) is 171 Å². The molecule has 0 aromatic heterocycles. The molecule has 0 bridgehead atoms. The van der Waals surface area contributed by atoms with Gasteiger partial charge in [-0.2, -0.15) is 0 Å². The van der Waals surface area contributed by atoms with Crippen LogP contribution in [-0.4, -0.2) is 40.9 Å². The number of ketones is 1. The van der Waals surface area contributed by atoms with Crippen molar-refractivity contribution >= 4 is 23.6 Å². The molecule has 1 unspecified atom stereocenters. The number of esters is 1. The normalized spacial score (nSPS) is 39.6.